The maximum Gasteiger partial charge on any atom is 0.356 e. The monoisotopic (exact) mass is 333 g/mol. The van der Waals surface area contributed by atoms with Crippen LogP contribution in [0.4, 0.5) is 4.39 Å². The first-order chi connectivity index (χ1) is 10.8. The van der Waals surface area contributed by atoms with Crippen LogP contribution < -0.4 is 0 Å². The van der Waals surface area contributed by atoms with Gasteiger partial charge in [-0.15, -0.1) is 0 Å². The van der Waals surface area contributed by atoms with Crippen molar-refractivity contribution in [1.82, 2.24) is 3.97 Å². The number of aromatic carboxylic acids is 1. The summed E-state index contributed by atoms with van der Waals surface area (Å²) >= 11 is 0. The van der Waals surface area contributed by atoms with E-state index in [1.807, 2.05) is 0 Å². The van der Waals surface area contributed by atoms with Crippen LogP contribution in [0.5, 0.6) is 0 Å². The van der Waals surface area contributed by atoms with Gasteiger partial charge in [0.25, 0.3) is 10.0 Å². The third-order valence-corrected chi connectivity index (χ3v) is 5.26. The topological polar surface area (TPSA) is 76.4 Å². The van der Waals surface area contributed by atoms with E-state index in [4.69, 9.17) is 0 Å². The van der Waals surface area contributed by atoms with Crippen LogP contribution in [0.3, 0.4) is 0 Å². The number of carboxylic acid groups (broad SMARTS) is 1. The number of carboxylic acids is 1. The number of nitrogens with zero attached hydrogens (tertiary/aromatic N) is 1. The number of hydrogen-bond donors (Lipinski definition) is 1. The molecule has 0 bridgehead atoms. The number of aromatic nitrogens is 1. The number of para-hydroxylation sites is 1. The van der Waals surface area contributed by atoms with E-state index in [1.54, 1.807) is 19.1 Å². The lowest BCUT2D eigenvalue weighted by Crippen LogP contribution is -2.19. The van der Waals surface area contributed by atoms with E-state index in [-0.39, 0.29) is 15.8 Å². The van der Waals surface area contributed by atoms with Crippen molar-refractivity contribution in [1.29, 1.82) is 0 Å². The molecule has 0 aliphatic rings. The van der Waals surface area contributed by atoms with Gasteiger partial charge in [-0.3, -0.25) is 0 Å². The second-order valence-electron chi connectivity index (χ2n) is 5.07. The Kier molecular flexibility index (Phi) is 3.45. The highest BCUT2D eigenvalue weighted by atomic mass is 32.2. The van der Waals surface area contributed by atoms with Gasteiger partial charge in [-0.1, -0.05) is 29.8 Å². The van der Waals surface area contributed by atoms with Crippen LogP contribution in [0.15, 0.2) is 53.4 Å². The van der Waals surface area contributed by atoms with Gasteiger partial charge in [0.05, 0.1) is 10.4 Å². The van der Waals surface area contributed by atoms with Gasteiger partial charge in [-0.05, 0) is 31.2 Å². The summed E-state index contributed by atoms with van der Waals surface area (Å²) in [6.45, 7) is 1.80. The minimum atomic E-state index is -4.24. The molecular weight excluding hydrogens is 321 g/mol. The van der Waals surface area contributed by atoms with Gasteiger partial charge in [0.15, 0.2) is 11.5 Å². The van der Waals surface area contributed by atoms with E-state index < -0.39 is 27.5 Å². The molecule has 0 aliphatic heterocycles. The second kappa shape index (κ2) is 5.20. The molecule has 0 spiro atoms. The van der Waals surface area contributed by atoms with Crippen molar-refractivity contribution in [2.75, 3.05) is 0 Å². The summed E-state index contributed by atoms with van der Waals surface area (Å²) in [6, 6.07) is 11.7. The minimum absolute atomic E-state index is 0.0111. The highest BCUT2D eigenvalue weighted by Gasteiger charge is 2.30. The molecule has 0 atom stereocenters. The predicted octanol–water partition coefficient (Wildman–Crippen LogP) is 3.02. The molecule has 0 aliphatic carbocycles. The lowest BCUT2D eigenvalue weighted by molar-refractivity contribution is 0.0684. The van der Waals surface area contributed by atoms with Gasteiger partial charge in [0, 0.05) is 5.39 Å². The van der Waals surface area contributed by atoms with Gasteiger partial charge in [-0.2, -0.15) is 0 Å². The molecule has 1 heterocycles. The maximum absolute atomic E-state index is 14.4. The largest absolute Gasteiger partial charge is 0.476 e. The first-order valence-electron chi connectivity index (χ1n) is 6.68. The zero-order chi connectivity index (χ0) is 16.8. The molecule has 23 heavy (non-hydrogen) atoms. The van der Waals surface area contributed by atoms with Crippen molar-refractivity contribution < 1.29 is 22.7 Å². The molecule has 7 heteroatoms. The van der Waals surface area contributed by atoms with Crippen molar-refractivity contribution in [2.24, 2.45) is 0 Å². The number of rotatable bonds is 3. The van der Waals surface area contributed by atoms with Gasteiger partial charge in [0.1, 0.15) is 0 Å². The quantitative estimate of drug-likeness (QED) is 0.799. The average molecular weight is 333 g/mol. The standard InChI is InChI=1S/C16H12FNO4S/c1-10-6-8-11(9-7-10)23(21,22)18-13-5-3-2-4-12(13)14(17)15(18)16(19)20/h2-9H,1H3,(H,19,20). The van der Waals surface area contributed by atoms with Crippen LogP contribution in [0.25, 0.3) is 10.9 Å². The van der Waals surface area contributed by atoms with Crippen molar-refractivity contribution in [3.05, 3.63) is 65.6 Å². The van der Waals surface area contributed by atoms with E-state index in [9.17, 15) is 22.7 Å². The number of halogens is 1. The van der Waals surface area contributed by atoms with E-state index in [0.717, 1.165) is 5.56 Å². The normalized spacial score (nSPS) is 11.7. The van der Waals surface area contributed by atoms with Gasteiger partial charge in [-0.25, -0.2) is 21.6 Å². The SMILES string of the molecule is Cc1ccc(S(=O)(=O)n2c(C(=O)O)c(F)c3ccccc32)cc1. The third kappa shape index (κ3) is 2.29. The van der Waals surface area contributed by atoms with Crippen molar-refractivity contribution in [3.63, 3.8) is 0 Å². The van der Waals surface area contributed by atoms with Gasteiger partial charge in [0.2, 0.25) is 0 Å². The number of aryl methyl sites for hydroxylation is 1. The van der Waals surface area contributed by atoms with Crippen LogP contribution in [0.2, 0.25) is 0 Å². The summed E-state index contributed by atoms with van der Waals surface area (Å²) in [7, 11) is -4.24. The Morgan fingerprint density at radius 1 is 1.09 bits per heavy atom. The highest BCUT2D eigenvalue weighted by Crippen LogP contribution is 2.29. The molecule has 2 aromatic carbocycles. The second-order valence-corrected chi connectivity index (χ2v) is 6.85. The first kappa shape index (κ1) is 15.2. The lowest BCUT2D eigenvalue weighted by atomic mass is 10.2. The summed E-state index contributed by atoms with van der Waals surface area (Å²) in [4.78, 5) is 11.3. The van der Waals surface area contributed by atoms with E-state index >= 15 is 0 Å². The summed E-state index contributed by atoms with van der Waals surface area (Å²) in [5, 5.41) is 9.22. The molecule has 0 saturated carbocycles. The van der Waals surface area contributed by atoms with Crippen LogP contribution in [0, 0.1) is 12.7 Å². The number of fused-ring (bicyclic) bond motifs is 1. The predicted molar refractivity (Wildman–Crippen MR) is 82.6 cm³/mol. The minimum Gasteiger partial charge on any atom is -0.476 e. The third-order valence-electron chi connectivity index (χ3n) is 3.53. The fraction of sp³-hybridized carbons (Fsp3) is 0.0625. The van der Waals surface area contributed by atoms with Crippen LogP contribution >= 0.6 is 0 Å². The molecule has 118 valence electrons. The van der Waals surface area contributed by atoms with Gasteiger partial charge < -0.3 is 5.11 Å². The van der Waals surface area contributed by atoms with Crippen LogP contribution in [-0.2, 0) is 10.0 Å². The summed E-state index contributed by atoms with van der Waals surface area (Å²) < 4.78 is 40.6. The molecule has 3 rings (SSSR count). The van der Waals surface area contributed by atoms with Crippen molar-refractivity contribution in [3.8, 4) is 0 Å². The van der Waals surface area contributed by atoms with Crippen LogP contribution in [-0.4, -0.2) is 23.5 Å². The zero-order valence-electron chi connectivity index (χ0n) is 12.0. The smallest absolute Gasteiger partial charge is 0.356 e. The maximum atomic E-state index is 14.4. The molecule has 0 fully saturated rings. The Morgan fingerprint density at radius 3 is 2.30 bits per heavy atom. The Labute approximate surface area is 131 Å². The average Bonchev–Trinajstić information content (AvgIpc) is 2.82. The van der Waals surface area contributed by atoms with Crippen molar-refractivity contribution in [2.45, 2.75) is 11.8 Å². The molecule has 0 amide bonds. The Hall–Kier alpha value is -2.67. The fourth-order valence-electron chi connectivity index (χ4n) is 2.42. The zero-order valence-corrected chi connectivity index (χ0v) is 12.8. The summed E-state index contributed by atoms with van der Waals surface area (Å²) in [6.07, 6.45) is 0. The summed E-state index contributed by atoms with van der Waals surface area (Å²) in [5.74, 6) is -2.71. The number of hydrogen-bond acceptors (Lipinski definition) is 3. The van der Waals surface area contributed by atoms with Crippen molar-refractivity contribution >= 4 is 26.9 Å². The Morgan fingerprint density at radius 2 is 1.70 bits per heavy atom. The Balaban J connectivity index is 2.41. The van der Waals surface area contributed by atoms with Gasteiger partial charge >= 0.3 is 5.97 Å². The molecule has 0 saturated heterocycles. The first-order valence-corrected chi connectivity index (χ1v) is 8.12. The summed E-state index contributed by atoms with van der Waals surface area (Å²) in [5.41, 5.74) is -0.0549. The molecule has 1 N–H and O–H groups in total. The molecule has 1 aromatic heterocycles. The lowest BCUT2D eigenvalue weighted by Gasteiger charge is -2.10. The molecular formula is C16H12FNO4S. The Bertz CT molecular complexity index is 1020. The van der Waals surface area contributed by atoms with E-state index in [1.165, 1.54) is 36.4 Å². The van der Waals surface area contributed by atoms with E-state index in [2.05, 4.69) is 0 Å². The fourth-order valence-corrected chi connectivity index (χ4v) is 3.93. The number of carbonyl (C=O) groups is 1. The van der Waals surface area contributed by atoms with Crippen LogP contribution in [0.1, 0.15) is 16.1 Å². The number of benzene rings is 2. The molecule has 0 unspecified atom stereocenters. The molecule has 3 aromatic rings. The highest BCUT2D eigenvalue weighted by molar-refractivity contribution is 7.90. The molecule has 0 radical (unpaired) electrons. The van der Waals surface area contributed by atoms with E-state index in [0.29, 0.717) is 3.97 Å². The molecule has 5 nitrogen and oxygen atoms in total.